The number of amides is 1. The van der Waals surface area contributed by atoms with Gasteiger partial charge in [0, 0.05) is 6.42 Å². The highest BCUT2D eigenvalue weighted by atomic mass is 19.4. The summed E-state index contributed by atoms with van der Waals surface area (Å²) in [6.07, 6.45) is -5.10. The molecule has 0 aromatic heterocycles. The normalized spacial score (nSPS) is 12.5. The summed E-state index contributed by atoms with van der Waals surface area (Å²) in [6.45, 7) is 0. The first-order valence-corrected chi connectivity index (χ1v) is 7.58. The maximum Gasteiger partial charge on any atom is 0.416 e. The monoisotopic (exact) mass is 369 g/mol. The predicted molar refractivity (Wildman–Crippen MR) is 84.8 cm³/mol. The maximum absolute atomic E-state index is 13.1. The lowest BCUT2D eigenvalue weighted by Gasteiger charge is -2.16. The van der Waals surface area contributed by atoms with Gasteiger partial charge in [0.2, 0.25) is 5.91 Å². The van der Waals surface area contributed by atoms with Crippen molar-refractivity contribution in [2.75, 3.05) is 0 Å². The average molecular weight is 369 g/mol. The molecule has 0 spiro atoms. The Morgan fingerprint density at radius 3 is 2.31 bits per heavy atom. The van der Waals surface area contributed by atoms with Gasteiger partial charge in [-0.15, -0.1) is 0 Å². The summed E-state index contributed by atoms with van der Waals surface area (Å²) in [7, 11) is 0. The summed E-state index contributed by atoms with van der Waals surface area (Å²) < 4.78 is 51.3. The van der Waals surface area contributed by atoms with Gasteiger partial charge in [-0.2, -0.15) is 13.2 Å². The summed E-state index contributed by atoms with van der Waals surface area (Å²) in [5.41, 5.74) is -0.422. The summed E-state index contributed by atoms with van der Waals surface area (Å²) in [4.78, 5) is 23.3. The fourth-order valence-corrected chi connectivity index (χ4v) is 2.39. The maximum atomic E-state index is 13.1. The van der Waals surface area contributed by atoms with Crippen LogP contribution in [0.5, 0.6) is 0 Å². The van der Waals surface area contributed by atoms with Crippen molar-refractivity contribution in [3.05, 3.63) is 71.0 Å². The molecule has 0 aliphatic carbocycles. The zero-order valence-electron chi connectivity index (χ0n) is 13.4. The minimum Gasteiger partial charge on any atom is -0.480 e. The Labute approximate surface area is 146 Å². The third-order valence-electron chi connectivity index (χ3n) is 3.58. The number of halogens is 4. The molecule has 0 unspecified atom stereocenters. The first kappa shape index (κ1) is 19.4. The van der Waals surface area contributed by atoms with E-state index in [2.05, 4.69) is 5.32 Å². The Kier molecular flexibility index (Phi) is 5.97. The Balaban J connectivity index is 2.07. The number of benzene rings is 2. The van der Waals surface area contributed by atoms with E-state index in [-0.39, 0.29) is 18.4 Å². The van der Waals surface area contributed by atoms with E-state index in [4.69, 9.17) is 0 Å². The van der Waals surface area contributed by atoms with E-state index >= 15 is 0 Å². The van der Waals surface area contributed by atoms with Crippen LogP contribution in [0.15, 0.2) is 48.5 Å². The molecule has 0 bridgehead atoms. The second kappa shape index (κ2) is 7.99. The van der Waals surface area contributed by atoms with Gasteiger partial charge in [0.25, 0.3) is 0 Å². The van der Waals surface area contributed by atoms with Crippen LogP contribution >= 0.6 is 0 Å². The number of hydrogen-bond donors (Lipinski definition) is 2. The molecular weight excluding hydrogens is 354 g/mol. The average Bonchev–Trinajstić information content (AvgIpc) is 2.53. The van der Waals surface area contributed by atoms with Crippen LogP contribution in [0.25, 0.3) is 0 Å². The lowest BCUT2D eigenvalue weighted by atomic mass is 10.0. The fraction of sp³-hybridized carbons (Fsp3) is 0.222. The molecule has 1 atom stereocenters. The van der Waals surface area contributed by atoms with Crippen LogP contribution in [-0.2, 0) is 28.6 Å². The first-order valence-electron chi connectivity index (χ1n) is 7.58. The van der Waals surface area contributed by atoms with Crippen molar-refractivity contribution in [2.24, 2.45) is 0 Å². The van der Waals surface area contributed by atoms with Crippen LogP contribution in [0.4, 0.5) is 17.6 Å². The van der Waals surface area contributed by atoms with Gasteiger partial charge in [0.05, 0.1) is 12.0 Å². The van der Waals surface area contributed by atoms with Crippen molar-refractivity contribution in [1.29, 1.82) is 0 Å². The number of hydrogen-bond acceptors (Lipinski definition) is 2. The van der Waals surface area contributed by atoms with E-state index < -0.39 is 35.5 Å². The van der Waals surface area contributed by atoms with E-state index in [1.54, 1.807) is 0 Å². The van der Waals surface area contributed by atoms with Crippen LogP contribution in [0, 0.1) is 5.82 Å². The Bertz CT molecular complexity index is 805. The molecule has 138 valence electrons. The van der Waals surface area contributed by atoms with Crippen molar-refractivity contribution >= 4 is 11.9 Å². The van der Waals surface area contributed by atoms with Gasteiger partial charge in [0.1, 0.15) is 11.9 Å². The highest BCUT2D eigenvalue weighted by Crippen LogP contribution is 2.29. The Morgan fingerprint density at radius 1 is 1.04 bits per heavy atom. The summed E-state index contributed by atoms with van der Waals surface area (Å²) in [5, 5.41) is 11.5. The smallest absolute Gasteiger partial charge is 0.416 e. The summed E-state index contributed by atoms with van der Waals surface area (Å²) in [6, 6.07) is 8.10. The van der Waals surface area contributed by atoms with Gasteiger partial charge in [-0.3, -0.25) is 4.79 Å². The van der Waals surface area contributed by atoms with Gasteiger partial charge in [0.15, 0.2) is 0 Å². The Hall–Kier alpha value is -2.90. The highest BCUT2D eigenvalue weighted by Gasteiger charge is 2.31. The topological polar surface area (TPSA) is 66.4 Å². The molecule has 2 aromatic rings. The fourth-order valence-electron chi connectivity index (χ4n) is 2.39. The van der Waals surface area contributed by atoms with Gasteiger partial charge in [-0.1, -0.05) is 30.3 Å². The molecule has 8 heteroatoms. The molecule has 2 N–H and O–H groups in total. The van der Waals surface area contributed by atoms with Crippen LogP contribution in [0.3, 0.4) is 0 Å². The zero-order chi connectivity index (χ0) is 19.3. The number of nitrogens with one attached hydrogen (secondary N) is 1. The van der Waals surface area contributed by atoms with Crippen molar-refractivity contribution in [3.63, 3.8) is 0 Å². The van der Waals surface area contributed by atoms with Gasteiger partial charge in [-0.05, 0) is 29.3 Å². The number of rotatable bonds is 6. The van der Waals surface area contributed by atoms with Crippen molar-refractivity contribution < 1.29 is 32.3 Å². The molecule has 0 heterocycles. The summed E-state index contributed by atoms with van der Waals surface area (Å²) >= 11 is 0. The number of carbonyl (C=O) groups excluding carboxylic acids is 1. The van der Waals surface area contributed by atoms with Crippen LogP contribution in [0.2, 0.25) is 0 Å². The molecule has 0 aliphatic heterocycles. The van der Waals surface area contributed by atoms with Crippen molar-refractivity contribution in [1.82, 2.24) is 5.32 Å². The van der Waals surface area contributed by atoms with Crippen LogP contribution in [-0.4, -0.2) is 23.0 Å². The standard InChI is InChI=1S/C18H15F4NO3/c19-14-6-2-4-12(8-14)10-16(24)23-15(17(25)26)9-11-3-1-5-13(7-11)18(20,21)22/h1-8,15H,9-10H2,(H,23,24)(H,25,26)/t15-/m1/s1. The van der Waals surface area contributed by atoms with E-state index in [9.17, 15) is 32.3 Å². The second-order valence-corrected chi connectivity index (χ2v) is 5.67. The number of alkyl halides is 3. The SMILES string of the molecule is O=C(Cc1cccc(F)c1)N[C@H](Cc1cccc(C(F)(F)F)c1)C(=O)O. The molecular formula is C18H15F4NO3. The highest BCUT2D eigenvalue weighted by molar-refractivity contribution is 5.85. The molecule has 1 amide bonds. The van der Waals surface area contributed by atoms with Gasteiger partial charge >= 0.3 is 12.1 Å². The van der Waals surface area contributed by atoms with Crippen molar-refractivity contribution in [3.8, 4) is 0 Å². The third kappa shape index (κ3) is 5.58. The summed E-state index contributed by atoms with van der Waals surface area (Å²) in [5.74, 6) is -2.58. The largest absolute Gasteiger partial charge is 0.480 e. The van der Waals surface area contributed by atoms with Gasteiger partial charge < -0.3 is 10.4 Å². The van der Waals surface area contributed by atoms with E-state index in [1.807, 2.05) is 0 Å². The first-order chi connectivity index (χ1) is 12.1. The molecule has 2 rings (SSSR count). The molecule has 0 aliphatic rings. The van der Waals surface area contributed by atoms with Crippen molar-refractivity contribution in [2.45, 2.75) is 25.1 Å². The molecule has 0 radical (unpaired) electrons. The number of aliphatic carboxylic acids is 1. The number of carboxylic acids is 1. The molecule has 4 nitrogen and oxygen atoms in total. The third-order valence-corrected chi connectivity index (χ3v) is 3.58. The molecule has 0 saturated heterocycles. The quantitative estimate of drug-likeness (QED) is 0.769. The second-order valence-electron chi connectivity index (χ2n) is 5.67. The number of carbonyl (C=O) groups is 2. The van der Waals surface area contributed by atoms with Crippen LogP contribution in [0.1, 0.15) is 16.7 Å². The van der Waals surface area contributed by atoms with Crippen LogP contribution < -0.4 is 5.32 Å². The Morgan fingerprint density at radius 2 is 1.69 bits per heavy atom. The zero-order valence-corrected chi connectivity index (χ0v) is 13.4. The molecule has 0 fully saturated rings. The van der Waals surface area contributed by atoms with Gasteiger partial charge in [-0.25, -0.2) is 9.18 Å². The molecule has 26 heavy (non-hydrogen) atoms. The minimum atomic E-state index is -4.55. The lowest BCUT2D eigenvalue weighted by molar-refractivity contribution is -0.141. The van der Waals surface area contributed by atoms with E-state index in [0.717, 1.165) is 18.2 Å². The molecule has 2 aromatic carbocycles. The predicted octanol–water partition coefficient (Wildman–Crippen LogP) is 3.20. The van der Waals surface area contributed by atoms with E-state index in [0.29, 0.717) is 5.56 Å². The van der Waals surface area contributed by atoms with E-state index in [1.165, 1.54) is 30.3 Å². The molecule has 0 saturated carbocycles. The lowest BCUT2D eigenvalue weighted by Crippen LogP contribution is -2.43. The minimum absolute atomic E-state index is 0.123. The number of carboxylic acid groups (broad SMARTS) is 1.